The molecule has 0 aromatic carbocycles. The lowest BCUT2D eigenvalue weighted by Gasteiger charge is -2.23. The van der Waals surface area contributed by atoms with Crippen molar-refractivity contribution in [1.82, 2.24) is 9.88 Å². The van der Waals surface area contributed by atoms with Crippen molar-refractivity contribution in [2.45, 2.75) is 45.6 Å². The van der Waals surface area contributed by atoms with Gasteiger partial charge in [0.15, 0.2) is 0 Å². The van der Waals surface area contributed by atoms with Crippen molar-refractivity contribution in [2.75, 3.05) is 25.0 Å². The van der Waals surface area contributed by atoms with E-state index < -0.39 is 5.60 Å². The zero-order valence-electron chi connectivity index (χ0n) is 13.1. The Bertz CT molecular complexity index is 514. The van der Waals surface area contributed by atoms with Crippen LogP contribution in [0.1, 0.15) is 49.2 Å². The Morgan fingerprint density at radius 2 is 2.19 bits per heavy atom. The molecule has 1 atom stereocenters. The molecule has 1 aromatic heterocycles. The summed E-state index contributed by atoms with van der Waals surface area (Å²) in [5.74, 6) is 0.764. The van der Waals surface area contributed by atoms with Gasteiger partial charge in [0.1, 0.15) is 5.82 Å². The molecule has 2 heterocycles. The van der Waals surface area contributed by atoms with Crippen LogP contribution < -0.4 is 5.32 Å². The number of aryl methyl sites for hydroxylation is 1. The summed E-state index contributed by atoms with van der Waals surface area (Å²) >= 11 is 0. The largest absolute Gasteiger partial charge is 0.390 e. The van der Waals surface area contributed by atoms with Gasteiger partial charge in [0.05, 0.1) is 5.60 Å². The number of hydrogen-bond donors (Lipinski definition) is 2. The first kappa shape index (κ1) is 15.8. The van der Waals surface area contributed by atoms with Gasteiger partial charge in [-0.2, -0.15) is 0 Å². The number of rotatable bonds is 3. The Labute approximate surface area is 126 Å². The first-order valence-corrected chi connectivity index (χ1v) is 7.65. The Hall–Kier alpha value is -1.62. The molecule has 1 saturated heterocycles. The lowest BCUT2D eigenvalue weighted by molar-refractivity contribution is 0.0438. The Kier molecular flexibility index (Phi) is 4.83. The third-order valence-electron chi connectivity index (χ3n) is 3.91. The molecule has 0 bridgehead atoms. The second-order valence-corrected chi connectivity index (χ2v) is 6.06. The van der Waals surface area contributed by atoms with Crippen molar-refractivity contribution < 1.29 is 9.90 Å². The van der Waals surface area contributed by atoms with E-state index in [1.165, 1.54) is 0 Å². The normalized spacial score (nSPS) is 22.8. The number of aliphatic hydroxyl groups is 1. The van der Waals surface area contributed by atoms with Gasteiger partial charge in [-0.05, 0) is 52.2 Å². The van der Waals surface area contributed by atoms with Crippen LogP contribution in [0.15, 0.2) is 12.1 Å². The zero-order chi connectivity index (χ0) is 15.5. The number of nitrogens with one attached hydrogen (secondary N) is 1. The maximum absolute atomic E-state index is 12.7. The van der Waals surface area contributed by atoms with Crippen LogP contribution in [0, 0.1) is 6.92 Å². The van der Waals surface area contributed by atoms with Crippen molar-refractivity contribution in [2.24, 2.45) is 0 Å². The standard InChI is InChI=1S/C16H25N3O2/c1-4-17-14-11-13(10-12(2)18-14)15(20)19-8-5-6-16(3,21)7-9-19/h10-11,21H,4-9H2,1-3H3,(H,17,18). The molecule has 1 fully saturated rings. The third-order valence-corrected chi connectivity index (χ3v) is 3.91. The summed E-state index contributed by atoms with van der Waals surface area (Å²) in [7, 11) is 0. The van der Waals surface area contributed by atoms with Gasteiger partial charge in [-0.15, -0.1) is 0 Å². The van der Waals surface area contributed by atoms with E-state index in [0.717, 1.165) is 30.9 Å². The molecule has 0 spiro atoms. The number of pyridine rings is 1. The fraction of sp³-hybridized carbons (Fsp3) is 0.625. The topological polar surface area (TPSA) is 65.5 Å². The van der Waals surface area contributed by atoms with Crippen molar-refractivity contribution in [3.63, 3.8) is 0 Å². The van der Waals surface area contributed by atoms with Gasteiger partial charge in [-0.1, -0.05) is 0 Å². The molecule has 1 amide bonds. The van der Waals surface area contributed by atoms with Gasteiger partial charge < -0.3 is 15.3 Å². The lowest BCUT2D eigenvalue weighted by Crippen LogP contribution is -2.33. The van der Waals surface area contributed by atoms with Crippen molar-refractivity contribution >= 4 is 11.7 Å². The lowest BCUT2D eigenvalue weighted by atomic mass is 9.98. The van der Waals surface area contributed by atoms with Crippen LogP contribution >= 0.6 is 0 Å². The number of carbonyl (C=O) groups is 1. The highest BCUT2D eigenvalue weighted by Crippen LogP contribution is 2.23. The first-order valence-electron chi connectivity index (χ1n) is 7.65. The molecule has 116 valence electrons. The van der Waals surface area contributed by atoms with E-state index in [-0.39, 0.29) is 5.91 Å². The molecule has 5 heteroatoms. The minimum Gasteiger partial charge on any atom is -0.390 e. The molecule has 0 aliphatic carbocycles. The molecule has 0 saturated carbocycles. The summed E-state index contributed by atoms with van der Waals surface area (Å²) in [4.78, 5) is 18.9. The quantitative estimate of drug-likeness (QED) is 0.896. The average Bonchev–Trinajstić information content (AvgIpc) is 2.58. The van der Waals surface area contributed by atoms with Gasteiger partial charge in [-0.3, -0.25) is 4.79 Å². The van der Waals surface area contributed by atoms with Crippen LogP contribution in [0.2, 0.25) is 0 Å². The molecule has 0 radical (unpaired) electrons. The molecule has 1 unspecified atom stereocenters. The number of hydrogen-bond acceptors (Lipinski definition) is 4. The van der Waals surface area contributed by atoms with Crippen LogP contribution in [-0.4, -0.2) is 46.1 Å². The second kappa shape index (κ2) is 6.43. The zero-order valence-corrected chi connectivity index (χ0v) is 13.1. The van der Waals surface area contributed by atoms with E-state index in [1.54, 1.807) is 0 Å². The fourth-order valence-corrected chi connectivity index (χ4v) is 2.71. The van der Waals surface area contributed by atoms with E-state index in [4.69, 9.17) is 0 Å². The van der Waals surface area contributed by atoms with Crippen LogP contribution in [0.4, 0.5) is 5.82 Å². The van der Waals surface area contributed by atoms with Crippen LogP contribution in [-0.2, 0) is 0 Å². The Morgan fingerprint density at radius 1 is 1.43 bits per heavy atom. The first-order chi connectivity index (χ1) is 9.91. The van der Waals surface area contributed by atoms with Gasteiger partial charge in [0, 0.05) is 30.9 Å². The molecule has 5 nitrogen and oxygen atoms in total. The molecule has 2 rings (SSSR count). The van der Waals surface area contributed by atoms with E-state index in [2.05, 4.69) is 10.3 Å². The van der Waals surface area contributed by atoms with Crippen LogP contribution in [0.3, 0.4) is 0 Å². The smallest absolute Gasteiger partial charge is 0.254 e. The van der Waals surface area contributed by atoms with E-state index in [0.29, 0.717) is 25.1 Å². The predicted octanol–water partition coefficient (Wildman–Crippen LogP) is 2.20. The van der Waals surface area contributed by atoms with E-state index in [9.17, 15) is 9.90 Å². The van der Waals surface area contributed by atoms with Crippen molar-refractivity contribution in [1.29, 1.82) is 0 Å². The number of carbonyl (C=O) groups excluding carboxylic acids is 1. The summed E-state index contributed by atoms with van der Waals surface area (Å²) in [5.41, 5.74) is 0.844. The minimum atomic E-state index is -0.655. The maximum atomic E-state index is 12.7. The summed E-state index contributed by atoms with van der Waals surface area (Å²) in [5, 5.41) is 13.3. The van der Waals surface area contributed by atoms with Gasteiger partial charge >= 0.3 is 0 Å². The SMILES string of the molecule is CCNc1cc(C(=O)N2CCCC(C)(O)CC2)cc(C)n1. The molecule has 1 aromatic rings. The van der Waals surface area contributed by atoms with Crippen molar-refractivity contribution in [3.8, 4) is 0 Å². The molecular weight excluding hydrogens is 266 g/mol. The average molecular weight is 291 g/mol. The fourth-order valence-electron chi connectivity index (χ4n) is 2.71. The Morgan fingerprint density at radius 3 is 2.90 bits per heavy atom. The summed E-state index contributed by atoms with van der Waals surface area (Å²) in [6.07, 6.45) is 2.21. The highest BCUT2D eigenvalue weighted by atomic mass is 16.3. The van der Waals surface area contributed by atoms with Crippen LogP contribution in [0.5, 0.6) is 0 Å². The summed E-state index contributed by atoms with van der Waals surface area (Å²) < 4.78 is 0. The number of nitrogens with zero attached hydrogens (tertiary/aromatic N) is 2. The molecular formula is C16H25N3O2. The summed E-state index contributed by atoms with van der Waals surface area (Å²) in [6.45, 7) is 7.82. The predicted molar refractivity (Wildman–Crippen MR) is 83.5 cm³/mol. The maximum Gasteiger partial charge on any atom is 0.254 e. The minimum absolute atomic E-state index is 0.0253. The number of amides is 1. The third kappa shape index (κ3) is 4.17. The van der Waals surface area contributed by atoms with Gasteiger partial charge in [0.25, 0.3) is 5.91 Å². The van der Waals surface area contributed by atoms with Gasteiger partial charge in [-0.25, -0.2) is 4.98 Å². The monoisotopic (exact) mass is 291 g/mol. The van der Waals surface area contributed by atoms with Crippen LogP contribution in [0.25, 0.3) is 0 Å². The highest BCUT2D eigenvalue weighted by molar-refractivity contribution is 5.95. The van der Waals surface area contributed by atoms with E-state index >= 15 is 0 Å². The molecule has 2 N–H and O–H groups in total. The molecule has 21 heavy (non-hydrogen) atoms. The number of likely N-dealkylation sites (tertiary alicyclic amines) is 1. The van der Waals surface area contributed by atoms with Gasteiger partial charge in [0.2, 0.25) is 0 Å². The molecule has 1 aliphatic rings. The highest BCUT2D eigenvalue weighted by Gasteiger charge is 2.27. The number of anilines is 1. The molecule has 1 aliphatic heterocycles. The Balaban J connectivity index is 2.15. The number of aromatic nitrogens is 1. The van der Waals surface area contributed by atoms with E-state index in [1.807, 2.05) is 37.8 Å². The summed E-state index contributed by atoms with van der Waals surface area (Å²) in [6, 6.07) is 3.63. The second-order valence-electron chi connectivity index (χ2n) is 6.06. The van der Waals surface area contributed by atoms with Crippen molar-refractivity contribution in [3.05, 3.63) is 23.4 Å².